The van der Waals surface area contributed by atoms with Gasteiger partial charge in [-0.2, -0.15) is 0 Å². The van der Waals surface area contributed by atoms with Gasteiger partial charge < -0.3 is 15.0 Å². The molecule has 0 aliphatic rings. The summed E-state index contributed by atoms with van der Waals surface area (Å²) < 4.78 is 5.03. The van der Waals surface area contributed by atoms with Crippen LogP contribution in [0.15, 0.2) is 53.4 Å². The molecule has 0 aliphatic heterocycles. The molecule has 2 aromatic rings. The lowest BCUT2D eigenvalue weighted by Crippen LogP contribution is -2.39. The second kappa shape index (κ2) is 10.7. The van der Waals surface area contributed by atoms with Crippen molar-refractivity contribution in [2.24, 2.45) is 0 Å². The zero-order chi connectivity index (χ0) is 20.5. The Labute approximate surface area is 173 Å². The van der Waals surface area contributed by atoms with Gasteiger partial charge in [-0.05, 0) is 42.0 Å². The first-order chi connectivity index (χ1) is 13.4. The summed E-state index contributed by atoms with van der Waals surface area (Å²) in [7, 11) is 2.96. The molecule has 148 valence electrons. The second-order valence-corrected chi connectivity index (χ2v) is 7.42. The van der Waals surface area contributed by atoms with E-state index in [1.807, 2.05) is 36.4 Å². The Hall–Kier alpha value is -2.51. The molecule has 0 radical (unpaired) electrons. The molecule has 1 N–H and O–H groups in total. The highest BCUT2D eigenvalue weighted by Gasteiger charge is 2.15. The zero-order valence-electron chi connectivity index (χ0n) is 15.6. The van der Waals surface area contributed by atoms with Crippen molar-refractivity contribution in [2.45, 2.75) is 10.6 Å². The van der Waals surface area contributed by atoms with E-state index in [0.717, 1.165) is 16.2 Å². The molecule has 0 bridgehead atoms. The Morgan fingerprint density at radius 1 is 1.07 bits per heavy atom. The van der Waals surface area contributed by atoms with Crippen LogP contribution in [0.5, 0.6) is 0 Å². The van der Waals surface area contributed by atoms with Gasteiger partial charge in [-0.15, -0.1) is 11.8 Å². The van der Waals surface area contributed by atoms with Crippen molar-refractivity contribution in [1.29, 1.82) is 0 Å². The van der Waals surface area contributed by atoms with Gasteiger partial charge in [0.1, 0.15) is 0 Å². The number of benzene rings is 2. The molecule has 0 aliphatic carbocycles. The van der Waals surface area contributed by atoms with Crippen LogP contribution in [-0.4, -0.2) is 49.9 Å². The molecule has 0 atom stereocenters. The number of carbonyl (C=O) groups excluding carboxylic acids is 3. The molecule has 0 fully saturated rings. The molecule has 0 saturated carbocycles. The van der Waals surface area contributed by atoms with Gasteiger partial charge in [-0.3, -0.25) is 9.59 Å². The summed E-state index contributed by atoms with van der Waals surface area (Å²) in [5.41, 5.74) is 1.42. The van der Waals surface area contributed by atoms with Gasteiger partial charge in [0.2, 0.25) is 5.91 Å². The number of thioether (sulfide) groups is 1. The summed E-state index contributed by atoms with van der Waals surface area (Å²) in [6.45, 7) is -0.507. The predicted octanol–water partition coefficient (Wildman–Crippen LogP) is 2.99. The first-order valence-electron chi connectivity index (χ1n) is 8.48. The topological polar surface area (TPSA) is 75.7 Å². The molecule has 2 rings (SSSR count). The van der Waals surface area contributed by atoms with Crippen molar-refractivity contribution >= 4 is 41.1 Å². The second-order valence-electron chi connectivity index (χ2n) is 5.94. The maximum Gasteiger partial charge on any atom is 0.338 e. The first-order valence-corrected chi connectivity index (χ1v) is 9.84. The average molecular weight is 421 g/mol. The fraction of sp³-hybridized carbons (Fsp3) is 0.250. The molecule has 0 spiro atoms. The van der Waals surface area contributed by atoms with Crippen LogP contribution in [0.2, 0.25) is 5.02 Å². The molecule has 2 aromatic carbocycles. The predicted molar refractivity (Wildman–Crippen MR) is 109 cm³/mol. The van der Waals surface area contributed by atoms with E-state index in [4.69, 9.17) is 16.3 Å². The third kappa shape index (κ3) is 6.90. The van der Waals surface area contributed by atoms with Crippen molar-refractivity contribution in [2.75, 3.05) is 27.2 Å². The first kappa shape index (κ1) is 21.8. The lowest BCUT2D eigenvalue weighted by Gasteiger charge is -2.15. The van der Waals surface area contributed by atoms with Crippen LogP contribution in [0.3, 0.4) is 0 Å². The SMILES string of the molecule is CNC(=O)CN(C)C(=O)COC(=O)c1ccc(CSc2ccc(Cl)cc2)cc1. The highest BCUT2D eigenvalue weighted by molar-refractivity contribution is 7.98. The minimum absolute atomic E-state index is 0.0904. The highest BCUT2D eigenvalue weighted by Crippen LogP contribution is 2.24. The number of hydrogen-bond acceptors (Lipinski definition) is 5. The van der Waals surface area contributed by atoms with E-state index in [-0.39, 0.29) is 12.5 Å². The van der Waals surface area contributed by atoms with E-state index in [0.29, 0.717) is 10.6 Å². The summed E-state index contributed by atoms with van der Waals surface area (Å²) >= 11 is 7.54. The van der Waals surface area contributed by atoms with E-state index in [2.05, 4.69) is 5.32 Å². The molecular weight excluding hydrogens is 400 g/mol. The van der Waals surface area contributed by atoms with Gasteiger partial charge in [-0.1, -0.05) is 23.7 Å². The Morgan fingerprint density at radius 3 is 2.32 bits per heavy atom. The summed E-state index contributed by atoms with van der Waals surface area (Å²) in [5, 5.41) is 3.12. The lowest BCUT2D eigenvalue weighted by molar-refractivity contribution is -0.137. The number of carbonyl (C=O) groups is 3. The van der Waals surface area contributed by atoms with Crippen molar-refractivity contribution in [1.82, 2.24) is 10.2 Å². The maximum absolute atomic E-state index is 12.1. The van der Waals surface area contributed by atoms with E-state index >= 15 is 0 Å². The number of hydrogen-bond donors (Lipinski definition) is 1. The van der Waals surface area contributed by atoms with E-state index in [9.17, 15) is 14.4 Å². The number of amides is 2. The number of esters is 1. The highest BCUT2D eigenvalue weighted by atomic mass is 35.5. The maximum atomic E-state index is 12.1. The third-order valence-electron chi connectivity index (χ3n) is 3.82. The number of nitrogens with one attached hydrogen (secondary N) is 1. The van der Waals surface area contributed by atoms with E-state index in [1.54, 1.807) is 23.9 Å². The van der Waals surface area contributed by atoms with E-state index in [1.165, 1.54) is 19.0 Å². The van der Waals surface area contributed by atoms with Crippen LogP contribution in [0.4, 0.5) is 0 Å². The largest absolute Gasteiger partial charge is 0.452 e. The fourth-order valence-electron chi connectivity index (χ4n) is 2.14. The lowest BCUT2D eigenvalue weighted by atomic mass is 10.1. The Balaban J connectivity index is 1.81. The van der Waals surface area contributed by atoms with Crippen molar-refractivity contribution in [3.63, 3.8) is 0 Å². The number of halogens is 1. The Bertz CT molecular complexity index is 825. The molecule has 0 heterocycles. The standard InChI is InChI=1S/C20H21ClN2O4S/c1-22-18(24)11-23(2)19(25)12-27-20(26)15-5-3-14(4-6-15)13-28-17-9-7-16(21)8-10-17/h3-10H,11-13H2,1-2H3,(H,22,24). The van der Waals surface area contributed by atoms with Crippen LogP contribution >= 0.6 is 23.4 Å². The van der Waals surface area contributed by atoms with Crippen LogP contribution in [0, 0.1) is 0 Å². The van der Waals surface area contributed by atoms with Crippen molar-refractivity contribution in [3.05, 3.63) is 64.7 Å². The van der Waals surface area contributed by atoms with Gasteiger partial charge in [0.05, 0.1) is 12.1 Å². The third-order valence-corrected chi connectivity index (χ3v) is 5.16. The summed E-state index contributed by atoms with van der Waals surface area (Å²) in [6.07, 6.45) is 0. The number of rotatable bonds is 8. The Kier molecular flexibility index (Phi) is 8.35. The summed E-state index contributed by atoms with van der Waals surface area (Å²) in [5.74, 6) is -0.583. The van der Waals surface area contributed by atoms with Crippen molar-refractivity contribution < 1.29 is 19.1 Å². The monoisotopic (exact) mass is 420 g/mol. The molecule has 6 nitrogen and oxygen atoms in total. The van der Waals surface area contributed by atoms with Gasteiger partial charge >= 0.3 is 5.97 Å². The quantitative estimate of drug-likeness (QED) is 0.524. The van der Waals surface area contributed by atoms with Crippen molar-refractivity contribution in [3.8, 4) is 0 Å². The molecule has 28 heavy (non-hydrogen) atoms. The zero-order valence-corrected chi connectivity index (χ0v) is 17.2. The number of ether oxygens (including phenoxy) is 1. The van der Waals surface area contributed by atoms with Gasteiger partial charge in [-0.25, -0.2) is 4.79 Å². The molecule has 0 unspecified atom stereocenters. The smallest absolute Gasteiger partial charge is 0.338 e. The van der Waals surface area contributed by atoms with Crippen LogP contribution in [0.25, 0.3) is 0 Å². The Morgan fingerprint density at radius 2 is 1.71 bits per heavy atom. The molecular formula is C20H21ClN2O4S. The van der Waals surface area contributed by atoms with E-state index < -0.39 is 18.5 Å². The van der Waals surface area contributed by atoms with Crippen LogP contribution in [-0.2, 0) is 20.1 Å². The number of nitrogens with zero attached hydrogens (tertiary/aromatic N) is 1. The van der Waals surface area contributed by atoms with Crippen LogP contribution in [0.1, 0.15) is 15.9 Å². The molecule has 2 amide bonds. The van der Waals surface area contributed by atoms with Gasteiger partial charge in [0.15, 0.2) is 6.61 Å². The minimum atomic E-state index is -0.585. The van der Waals surface area contributed by atoms with Gasteiger partial charge in [0, 0.05) is 29.8 Å². The summed E-state index contributed by atoms with van der Waals surface area (Å²) in [6, 6.07) is 14.6. The van der Waals surface area contributed by atoms with Gasteiger partial charge in [0.25, 0.3) is 5.91 Å². The fourth-order valence-corrected chi connectivity index (χ4v) is 3.12. The molecule has 8 heteroatoms. The molecule has 0 aromatic heterocycles. The average Bonchev–Trinajstić information content (AvgIpc) is 2.71. The summed E-state index contributed by atoms with van der Waals surface area (Å²) in [4.78, 5) is 37.5. The molecule has 0 saturated heterocycles. The minimum Gasteiger partial charge on any atom is -0.452 e. The number of likely N-dealkylation sites (N-methyl/N-ethyl adjacent to an activating group) is 2. The normalized spacial score (nSPS) is 10.2. The van der Waals surface area contributed by atoms with Crippen LogP contribution < -0.4 is 5.32 Å².